The Labute approximate surface area is 293 Å². The molecule has 0 saturated heterocycles. The molecule has 4 rings (SSSR count). The molecule has 1 aromatic heterocycles. The van der Waals surface area contributed by atoms with E-state index in [-0.39, 0.29) is 12.2 Å². The number of unbranched alkanes of at least 4 members (excludes halogenated alkanes) is 4. The van der Waals surface area contributed by atoms with Gasteiger partial charge in [-0.05, 0) is 130 Å². The highest BCUT2D eigenvalue weighted by Gasteiger charge is 2.12. The van der Waals surface area contributed by atoms with Crippen LogP contribution in [0.25, 0.3) is 35.3 Å². The average molecular weight is 749 g/mol. The highest BCUT2D eigenvalue weighted by Crippen LogP contribution is 2.30. The number of benzene rings is 3. The quantitative estimate of drug-likeness (QED) is 0.0951. The molecule has 6 heteroatoms. The van der Waals surface area contributed by atoms with Crippen molar-refractivity contribution in [3.8, 4) is 11.5 Å². The predicted octanol–water partition coefficient (Wildman–Crippen LogP) is 13.0. The van der Waals surface area contributed by atoms with Crippen molar-refractivity contribution in [2.45, 2.75) is 104 Å². The largest absolute Gasteiger partial charge is 0.490 e. The minimum absolute atomic E-state index is 0.264. The van der Waals surface area contributed by atoms with Crippen LogP contribution in [0.2, 0.25) is 0 Å². The Hall–Kier alpha value is -2.96. The molecule has 0 radical (unpaired) electrons. The molecular formula is C40H48Br2N2O2. The molecule has 3 aromatic carbocycles. The van der Waals surface area contributed by atoms with E-state index in [1.54, 1.807) is 0 Å². The van der Waals surface area contributed by atoms with E-state index in [2.05, 4.69) is 120 Å². The van der Waals surface area contributed by atoms with Gasteiger partial charge in [0, 0.05) is 8.95 Å². The fourth-order valence-corrected chi connectivity index (χ4v) is 6.15. The van der Waals surface area contributed by atoms with Gasteiger partial charge < -0.3 is 9.47 Å². The molecule has 1 heterocycles. The summed E-state index contributed by atoms with van der Waals surface area (Å²) in [5.74, 6) is 1.84. The number of hydrogen-bond acceptors (Lipinski definition) is 4. The lowest BCUT2D eigenvalue weighted by Gasteiger charge is -2.17. The fraction of sp³-hybridized carbons (Fsp3) is 0.400. The molecule has 0 aliphatic rings. The third kappa shape index (κ3) is 10.8. The summed E-state index contributed by atoms with van der Waals surface area (Å²) in [5, 5.41) is 0. The summed E-state index contributed by atoms with van der Waals surface area (Å²) in [6, 6.07) is 20.6. The Morgan fingerprint density at radius 3 is 1.28 bits per heavy atom. The first-order valence-electron chi connectivity index (χ1n) is 17.0. The second kappa shape index (κ2) is 19.0. The predicted molar refractivity (Wildman–Crippen MR) is 203 cm³/mol. The number of hydrogen-bond donors (Lipinski definition) is 0. The summed E-state index contributed by atoms with van der Waals surface area (Å²) in [6.45, 7) is 8.87. The van der Waals surface area contributed by atoms with Gasteiger partial charge in [-0.2, -0.15) is 0 Å². The monoisotopic (exact) mass is 746 g/mol. The maximum Gasteiger partial charge on any atom is 0.119 e. The van der Waals surface area contributed by atoms with Gasteiger partial charge in [-0.3, -0.25) is 0 Å². The number of fused-ring (bicyclic) bond motifs is 1. The molecule has 46 heavy (non-hydrogen) atoms. The smallest absolute Gasteiger partial charge is 0.119 e. The molecule has 244 valence electrons. The first kappa shape index (κ1) is 35.9. The first-order chi connectivity index (χ1) is 22.4. The standard InChI is InChI=1S/C40H48Br2N2O2/c1-5-9-11-13-31(7-3)45-33-21-15-29(16-22-33)19-27-37-38(44-40-36(42)26-25-35(41)39(40)43-37)28-20-30-17-23-34(24-18-30)46-32(8-4)14-12-10-6-2/h15-28,31-32H,5-14H2,1-4H3/b27-19+,28-20+. The van der Waals surface area contributed by atoms with Crippen molar-refractivity contribution in [1.82, 2.24) is 9.97 Å². The second-order valence-corrected chi connectivity index (χ2v) is 13.5. The van der Waals surface area contributed by atoms with E-state index in [0.29, 0.717) is 0 Å². The lowest BCUT2D eigenvalue weighted by atomic mass is 10.1. The van der Waals surface area contributed by atoms with E-state index in [0.717, 1.165) is 79.7 Å². The molecule has 4 aromatic rings. The third-order valence-corrected chi connectivity index (χ3v) is 9.46. The van der Waals surface area contributed by atoms with Crippen LogP contribution in [0.15, 0.2) is 69.6 Å². The number of aromatic nitrogens is 2. The Morgan fingerprint density at radius 2 is 0.935 bits per heavy atom. The highest BCUT2D eigenvalue weighted by molar-refractivity contribution is 9.11. The molecule has 2 unspecified atom stereocenters. The van der Waals surface area contributed by atoms with Crippen molar-refractivity contribution < 1.29 is 9.47 Å². The molecular weight excluding hydrogens is 700 g/mol. The van der Waals surface area contributed by atoms with Gasteiger partial charge in [0.05, 0.1) is 23.6 Å². The minimum atomic E-state index is 0.264. The molecule has 2 atom stereocenters. The molecule has 0 fully saturated rings. The Bertz CT molecular complexity index is 1450. The lowest BCUT2D eigenvalue weighted by molar-refractivity contribution is 0.182. The van der Waals surface area contributed by atoms with Crippen LogP contribution in [0, 0.1) is 0 Å². The van der Waals surface area contributed by atoms with Crippen molar-refractivity contribution in [3.63, 3.8) is 0 Å². The van der Waals surface area contributed by atoms with E-state index in [9.17, 15) is 0 Å². The van der Waals surface area contributed by atoms with Gasteiger partial charge in [-0.15, -0.1) is 0 Å². The number of halogens is 2. The van der Waals surface area contributed by atoms with Crippen molar-refractivity contribution in [3.05, 3.63) is 92.1 Å². The average Bonchev–Trinajstić information content (AvgIpc) is 3.08. The minimum Gasteiger partial charge on any atom is -0.490 e. The van der Waals surface area contributed by atoms with Crippen LogP contribution < -0.4 is 9.47 Å². The van der Waals surface area contributed by atoms with E-state index in [1.807, 2.05) is 24.3 Å². The van der Waals surface area contributed by atoms with Gasteiger partial charge in [0.15, 0.2) is 0 Å². The summed E-state index contributed by atoms with van der Waals surface area (Å²) in [4.78, 5) is 10.1. The van der Waals surface area contributed by atoms with Crippen LogP contribution in [0.5, 0.6) is 11.5 Å². The van der Waals surface area contributed by atoms with Gasteiger partial charge in [0.25, 0.3) is 0 Å². The van der Waals surface area contributed by atoms with Crippen LogP contribution in [0.1, 0.15) is 114 Å². The Kier molecular flexibility index (Phi) is 14.8. The topological polar surface area (TPSA) is 44.2 Å². The van der Waals surface area contributed by atoms with Gasteiger partial charge in [0.2, 0.25) is 0 Å². The van der Waals surface area contributed by atoms with Crippen molar-refractivity contribution >= 4 is 67.2 Å². The maximum atomic E-state index is 6.27. The third-order valence-electron chi connectivity index (χ3n) is 8.18. The Morgan fingerprint density at radius 1 is 0.543 bits per heavy atom. The fourth-order valence-electron chi connectivity index (χ4n) is 5.33. The molecule has 4 nitrogen and oxygen atoms in total. The highest BCUT2D eigenvalue weighted by atomic mass is 79.9. The lowest BCUT2D eigenvalue weighted by Crippen LogP contribution is -2.15. The summed E-state index contributed by atoms with van der Waals surface area (Å²) in [7, 11) is 0. The zero-order valence-electron chi connectivity index (χ0n) is 27.8. The molecule has 0 spiro atoms. The van der Waals surface area contributed by atoms with Crippen LogP contribution in [0.4, 0.5) is 0 Å². The van der Waals surface area contributed by atoms with Gasteiger partial charge in [-0.25, -0.2) is 9.97 Å². The summed E-state index contributed by atoms with van der Waals surface area (Å²) in [6.07, 6.45) is 20.4. The summed E-state index contributed by atoms with van der Waals surface area (Å²) >= 11 is 7.34. The van der Waals surface area contributed by atoms with Crippen molar-refractivity contribution in [2.75, 3.05) is 0 Å². The van der Waals surface area contributed by atoms with Crippen molar-refractivity contribution in [1.29, 1.82) is 0 Å². The number of nitrogens with zero attached hydrogens (tertiary/aromatic N) is 2. The molecule has 0 aliphatic heterocycles. The van der Waals surface area contributed by atoms with Gasteiger partial charge in [-0.1, -0.05) is 89.8 Å². The van der Waals surface area contributed by atoms with Crippen molar-refractivity contribution in [2.24, 2.45) is 0 Å². The number of rotatable bonds is 18. The van der Waals surface area contributed by atoms with E-state index in [4.69, 9.17) is 19.4 Å². The Balaban J connectivity index is 1.53. The number of ether oxygens (including phenoxy) is 2. The molecule has 0 aliphatic carbocycles. The van der Waals surface area contributed by atoms with E-state index in [1.165, 1.54) is 38.5 Å². The zero-order valence-corrected chi connectivity index (χ0v) is 30.9. The van der Waals surface area contributed by atoms with Crippen LogP contribution >= 0.6 is 31.9 Å². The van der Waals surface area contributed by atoms with Gasteiger partial charge in [0.1, 0.15) is 22.5 Å². The van der Waals surface area contributed by atoms with Crippen LogP contribution in [-0.2, 0) is 0 Å². The molecule has 0 bridgehead atoms. The molecule has 0 saturated carbocycles. The molecule has 0 N–H and O–H groups in total. The second-order valence-electron chi connectivity index (χ2n) is 11.8. The molecule has 0 amide bonds. The maximum absolute atomic E-state index is 6.27. The van der Waals surface area contributed by atoms with Crippen LogP contribution in [0.3, 0.4) is 0 Å². The van der Waals surface area contributed by atoms with Gasteiger partial charge >= 0.3 is 0 Å². The zero-order chi connectivity index (χ0) is 32.7. The normalized spacial score (nSPS) is 13.1. The van der Waals surface area contributed by atoms with Crippen LogP contribution in [-0.4, -0.2) is 22.2 Å². The van der Waals surface area contributed by atoms with E-state index < -0.39 is 0 Å². The SMILES string of the molecule is CCCCCC(CC)Oc1ccc(/C=C/c2nc3c(Br)ccc(Br)c3nc2/C=C/c2ccc(OC(CC)CCCCC)cc2)cc1. The first-order valence-corrected chi connectivity index (χ1v) is 18.6. The van der Waals surface area contributed by atoms with E-state index >= 15 is 0 Å². The summed E-state index contributed by atoms with van der Waals surface area (Å²) in [5.41, 5.74) is 5.37. The summed E-state index contributed by atoms with van der Waals surface area (Å²) < 4.78 is 14.4.